The Balaban J connectivity index is 1.32. The molecular formula is C20H28N4O3. The average molecular weight is 372 g/mol. The molecule has 0 aromatic carbocycles. The maximum atomic E-state index is 12.9. The maximum absolute atomic E-state index is 12.9. The van der Waals surface area contributed by atoms with E-state index in [-0.39, 0.29) is 30.7 Å². The first-order valence-corrected chi connectivity index (χ1v) is 10.0. The highest BCUT2D eigenvalue weighted by Gasteiger charge is 2.38. The summed E-state index contributed by atoms with van der Waals surface area (Å²) >= 11 is 0. The van der Waals surface area contributed by atoms with Crippen molar-refractivity contribution in [1.82, 2.24) is 20.1 Å². The van der Waals surface area contributed by atoms with Crippen molar-refractivity contribution in [2.75, 3.05) is 32.8 Å². The van der Waals surface area contributed by atoms with Gasteiger partial charge < -0.3 is 19.9 Å². The number of piperidine rings is 2. The van der Waals surface area contributed by atoms with Crippen LogP contribution in [0.25, 0.3) is 0 Å². The van der Waals surface area contributed by atoms with E-state index in [1.807, 2.05) is 22.2 Å². The van der Waals surface area contributed by atoms with E-state index >= 15 is 0 Å². The van der Waals surface area contributed by atoms with Gasteiger partial charge in [0.05, 0.1) is 12.1 Å². The summed E-state index contributed by atoms with van der Waals surface area (Å²) in [6, 6.07) is 2.27. The van der Waals surface area contributed by atoms with Gasteiger partial charge in [-0.2, -0.15) is 0 Å². The van der Waals surface area contributed by atoms with Crippen LogP contribution >= 0.6 is 0 Å². The third-order valence-corrected chi connectivity index (χ3v) is 6.06. The minimum Gasteiger partial charge on any atom is -0.366 e. The van der Waals surface area contributed by atoms with E-state index in [1.54, 1.807) is 0 Å². The van der Waals surface area contributed by atoms with Gasteiger partial charge in [0, 0.05) is 38.6 Å². The molecule has 3 aliphatic heterocycles. The summed E-state index contributed by atoms with van der Waals surface area (Å²) in [7, 11) is 0. The van der Waals surface area contributed by atoms with Crippen molar-refractivity contribution in [2.24, 2.45) is 0 Å². The van der Waals surface area contributed by atoms with Crippen molar-refractivity contribution in [3.05, 3.63) is 29.6 Å². The van der Waals surface area contributed by atoms with E-state index in [4.69, 9.17) is 4.74 Å². The van der Waals surface area contributed by atoms with Crippen molar-refractivity contribution < 1.29 is 14.3 Å². The summed E-state index contributed by atoms with van der Waals surface area (Å²) < 4.78 is 5.58. The molecule has 3 amide bonds. The number of nitrogens with zero attached hydrogens (tertiary/aromatic N) is 3. The summed E-state index contributed by atoms with van der Waals surface area (Å²) in [6.07, 6.45) is 7.66. The molecule has 7 heteroatoms. The summed E-state index contributed by atoms with van der Waals surface area (Å²) in [4.78, 5) is 32.7. The summed E-state index contributed by atoms with van der Waals surface area (Å²) in [5.74, 6) is 0.388. The number of ether oxygens (including phenoxy) is 1. The van der Waals surface area contributed by atoms with E-state index in [0.717, 1.165) is 38.8 Å². The van der Waals surface area contributed by atoms with Gasteiger partial charge in [-0.3, -0.25) is 9.78 Å². The molecule has 3 fully saturated rings. The van der Waals surface area contributed by atoms with Gasteiger partial charge in [0.1, 0.15) is 6.61 Å². The number of carbonyl (C=O) groups is 2. The first-order chi connectivity index (χ1) is 13.1. The zero-order valence-corrected chi connectivity index (χ0v) is 15.9. The van der Waals surface area contributed by atoms with Gasteiger partial charge in [-0.25, -0.2) is 4.79 Å². The molecule has 4 rings (SSSR count). The lowest BCUT2D eigenvalue weighted by molar-refractivity contribution is -0.139. The first kappa shape index (κ1) is 18.2. The molecule has 7 nitrogen and oxygen atoms in total. The first-order valence-electron chi connectivity index (χ1n) is 10.0. The monoisotopic (exact) mass is 372 g/mol. The van der Waals surface area contributed by atoms with Crippen LogP contribution in [0.15, 0.2) is 18.5 Å². The van der Waals surface area contributed by atoms with Crippen LogP contribution in [0.3, 0.4) is 0 Å². The second-order valence-electron chi connectivity index (χ2n) is 7.78. The Kier molecular flexibility index (Phi) is 5.29. The van der Waals surface area contributed by atoms with Gasteiger partial charge in [-0.05, 0) is 42.7 Å². The molecule has 146 valence electrons. The van der Waals surface area contributed by atoms with Gasteiger partial charge in [0.15, 0.2) is 0 Å². The Morgan fingerprint density at radius 2 is 2.00 bits per heavy atom. The van der Waals surface area contributed by atoms with E-state index in [0.29, 0.717) is 19.0 Å². The third kappa shape index (κ3) is 3.93. The number of morpholine rings is 1. The predicted octanol–water partition coefficient (Wildman–Crippen LogP) is 1.53. The Hall–Kier alpha value is -2.15. The Morgan fingerprint density at radius 3 is 2.78 bits per heavy atom. The van der Waals surface area contributed by atoms with Crippen LogP contribution in [-0.2, 0) is 16.0 Å². The largest absolute Gasteiger partial charge is 0.366 e. The van der Waals surface area contributed by atoms with Gasteiger partial charge in [0.2, 0.25) is 5.91 Å². The number of nitrogens with one attached hydrogen (secondary N) is 1. The fourth-order valence-electron chi connectivity index (χ4n) is 4.40. The summed E-state index contributed by atoms with van der Waals surface area (Å²) in [5, 5.41) is 2.96. The topological polar surface area (TPSA) is 74.8 Å². The minimum atomic E-state index is -0.0886. The van der Waals surface area contributed by atoms with Crippen LogP contribution in [-0.4, -0.2) is 71.7 Å². The zero-order valence-electron chi connectivity index (χ0n) is 15.9. The highest BCUT2D eigenvalue weighted by molar-refractivity contribution is 5.79. The summed E-state index contributed by atoms with van der Waals surface area (Å²) in [6.45, 7) is 5.05. The van der Waals surface area contributed by atoms with Crippen LogP contribution in [0.1, 0.15) is 43.2 Å². The number of carbonyl (C=O) groups excluding carboxylic acids is 2. The molecule has 0 unspecified atom stereocenters. The van der Waals surface area contributed by atoms with Crippen molar-refractivity contribution in [3.63, 3.8) is 0 Å². The smallest absolute Gasteiger partial charge is 0.320 e. The van der Waals surface area contributed by atoms with Crippen LogP contribution in [0, 0.1) is 0 Å². The Labute approximate surface area is 160 Å². The van der Waals surface area contributed by atoms with Gasteiger partial charge >= 0.3 is 6.03 Å². The molecule has 1 aromatic rings. The van der Waals surface area contributed by atoms with Gasteiger partial charge in [-0.15, -0.1) is 0 Å². The lowest BCUT2D eigenvalue weighted by Gasteiger charge is -2.43. The number of urea groups is 1. The highest BCUT2D eigenvalue weighted by atomic mass is 16.5. The number of rotatable bonds is 2. The third-order valence-electron chi connectivity index (χ3n) is 6.06. The molecule has 0 spiro atoms. The molecule has 0 radical (unpaired) electrons. The Bertz CT molecular complexity index is 702. The summed E-state index contributed by atoms with van der Waals surface area (Å²) in [5.41, 5.74) is 2.56. The van der Waals surface area contributed by atoms with Crippen molar-refractivity contribution in [3.8, 4) is 0 Å². The van der Waals surface area contributed by atoms with Crippen LogP contribution in [0.2, 0.25) is 0 Å². The fraction of sp³-hybridized carbons (Fsp3) is 0.650. The standard InChI is InChI=1S/C20H28N4O3/c1-2-14-9-16(11-21-10-14)15-3-6-23(7-4-15)20(26)24-8-5-18-17(12-24)22-19(25)13-27-18/h9-11,15,17-18H,2-8,12-13H2,1H3,(H,22,25)/t17-,18+/m1/s1. The van der Waals surface area contributed by atoms with Crippen LogP contribution < -0.4 is 5.32 Å². The molecule has 0 bridgehead atoms. The molecule has 1 aromatic heterocycles. The van der Waals surface area contributed by atoms with Gasteiger partial charge in [-0.1, -0.05) is 13.0 Å². The lowest BCUT2D eigenvalue weighted by atomic mass is 9.89. The predicted molar refractivity (Wildman–Crippen MR) is 100 cm³/mol. The molecule has 3 aliphatic rings. The molecule has 4 heterocycles. The van der Waals surface area contributed by atoms with Gasteiger partial charge in [0.25, 0.3) is 0 Å². The van der Waals surface area contributed by atoms with E-state index < -0.39 is 0 Å². The molecule has 1 N–H and O–H groups in total. The molecule has 0 saturated carbocycles. The fourth-order valence-corrected chi connectivity index (χ4v) is 4.40. The normalized spacial score (nSPS) is 26.5. The zero-order chi connectivity index (χ0) is 18.8. The quantitative estimate of drug-likeness (QED) is 0.854. The molecule has 3 saturated heterocycles. The number of pyridine rings is 1. The molecule has 0 aliphatic carbocycles. The minimum absolute atomic E-state index is 0.0378. The average Bonchev–Trinajstić information content (AvgIpc) is 2.73. The van der Waals surface area contributed by atoms with E-state index in [1.165, 1.54) is 11.1 Å². The van der Waals surface area contributed by atoms with Crippen molar-refractivity contribution >= 4 is 11.9 Å². The Morgan fingerprint density at radius 1 is 1.22 bits per heavy atom. The second-order valence-corrected chi connectivity index (χ2v) is 7.78. The van der Waals surface area contributed by atoms with E-state index in [9.17, 15) is 9.59 Å². The number of hydrogen-bond donors (Lipinski definition) is 1. The number of likely N-dealkylation sites (tertiary alicyclic amines) is 2. The number of aryl methyl sites for hydroxylation is 1. The van der Waals surface area contributed by atoms with E-state index in [2.05, 4.69) is 23.3 Å². The van der Waals surface area contributed by atoms with Crippen molar-refractivity contribution in [1.29, 1.82) is 0 Å². The molecule has 27 heavy (non-hydrogen) atoms. The maximum Gasteiger partial charge on any atom is 0.320 e. The lowest BCUT2D eigenvalue weighted by Crippen LogP contribution is -2.62. The number of aromatic nitrogens is 1. The second kappa shape index (κ2) is 7.84. The van der Waals surface area contributed by atoms with Crippen molar-refractivity contribution in [2.45, 2.75) is 50.7 Å². The SMILES string of the molecule is CCc1cncc(C2CCN(C(=O)N3CC[C@@H]4OCC(=O)N[C@@H]4C3)CC2)c1. The molecular weight excluding hydrogens is 344 g/mol. The number of fused-ring (bicyclic) bond motifs is 1. The van der Waals surface area contributed by atoms with Crippen LogP contribution in [0.5, 0.6) is 0 Å². The highest BCUT2D eigenvalue weighted by Crippen LogP contribution is 2.29. The number of hydrogen-bond acceptors (Lipinski definition) is 4. The van der Waals surface area contributed by atoms with Crippen LogP contribution in [0.4, 0.5) is 4.79 Å². The number of amides is 3. The molecule has 2 atom stereocenters.